The van der Waals surface area contributed by atoms with Crippen LogP contribution in [0.25, 0.3) is 0 Å². The zero-order valence-electron chi connectivity index (χ0n) is 22.8. The molecule has 0 heterocycles. The predicted octanol–water partition coefficient (Wildman–Crippen LogP) is -0.723. The third-order valence-electron chi connectivity index (χ3n) is 8.06. The Kier molecular flexibility index (Phi) is 8.84. The maximum absolute atomic E-state index is 14.6. The molecule has 0 aliphatic heterocycles. The number of benzene rings is 2. The van der Waals surface area contributed by atoms with Crippen LogP contribution in [0.2, 0.25) is 16.0 Å². The van der Waals surface area contributed by atoms with Gasteiger partial charge in [-0.3, -0.25) is 4.79 Å². The molecule has 3 rings (SSSR count). The van der Waals surface area contributed by atoms with Crippen LogP contribution in [0.15, 0.2) is 35.2 Å². The van der Waals surface area contributed by atoms with Crippen LogP contribution in [0.1, 0.15) is 30.1 Å². The number of nitrogens with one attached hydrogen (secondary N) is 1. The summed E-state index contributed by atoms with van der Waals surface area (Å²) >= 11 is 6.42. The minimum Gasteiger partial charge on any atom is -0.393 e. The van der Waals surface area contributed by atoms with Gasteiger partial charge in [-0.05, 0) is 42.9 Å². The lowest BCUT2D eigenvalue weighted by Gasteiger charge is -2.57. The maximum atomic E-state index is 14.6. The van der Waals surface area contributed by atoms with Crippen molar-refractivity contribution in [3.05, 3.63) is 58.4 Å². The van der Waals surface area contributed by atoms with Crippen LogP contribution in [0.3, 0.4) is 0 Å². The molecule has 1 aliphatic carbocycles. The highest BCUT2D eigenvalue weighted by Gasteiger charge is 2.61. The molecule has 0 radical (unpaired) electrons. The molecule has 1 fully saturated rings. The van der Waals surface area contributed by atoms with Crippen molar-refractivity contribution in [2.75, 3.05) is 11.9 Å². The van der Waals surface area contributed by atoms with Gasteiger partial charge in [-0.2, -0.15) is 0 Å². The van der Waals surface area contributed by atoms with Crippen LogP contribution in [-0.4, -0.2) is 80.6 Å². The SMILES string of the molecule is BC(B)[C@H]1C[C@](O)(CO)CC(C(B)(B)C)[C@]1(B)S(=O)(=O)c1cc(C(=O)Nc2cc(F)c(F)c(F)c2)ccc1Cl. The van der Waals surface area contributed by atoms with E-state index in [9.17, 15) is 36.6 Å². The van der Waals surface area contributed by atoms with E-state index < -0.39 is 67.1 Å². The summed E-state index contributed by atoms with van der Waals surface area (Å²) < 4.78 is 68.2. The van der Waals surface area contributed by atoms with E-state index in [-0.39, 0.29) is 39.7 Å². The van der Waals surface area contributed by atoms with Gasteiger partial charge in [0.15, 0.2) is 27.3 Å². The molecule has 1 amide bonds. The van der Waals surface area contributed by atoms with E-state index in [1.165, 1.54) is 12.1 Å². The van der Waals surface area contributed by atoms with Crippen LogP contribution in [0.5, 0.6) is 0 Å². The average Bonchev–Trinajstić information content (AvgIpc) is 2.83. The number of rotatable bonds is 7. The molecular weight excluding hydrogens is 549 g/mol. The van der Waals surface area contributed by atoms with Crippen molar-refractivity contribution in [2.24, 2.45) is 11.8 Å². The number of aliphatic hydroxyl groups excluding tert-OH is 1. The van der Waals surface area contributed by atoms with Crippen LogP contribution in [0, 0.1) is 29.3 Å². The number of hydrogen-bond acceptors (Lipinski definition) is 5. The van der Waals surface area contributed by atoms with Gasteiger partial charge in [-0.15, -0.1) is 0 Å². The van der Waals surface area contributed by atoms with Gasteiger partial charge in [0.05, 0.1) is 53.5 Å². The van der Waals surface area contributed by atoms with Gasteiger partial charge >= 0.3 is 0 Å². The number of carbonyl (C=O) groups excluding carboxylic acids is 1. The first-order chi connectivity index (χ1) is 17.8. The number of halogens is 4. The normalized spacial score (nSPS) is 25.9. The number of amides is 1. The topological polar surface area (TPSA) is 104 Å². The van der Waals surface area contributed by atoms with Crippen molar-refractivity contribution in [1.29, 1.82) is 0 Å². The van der Waals surface area contributed by atoms with Gasteiger partial charge in [-0.25, -0.2) is 21.6 Å². The van der Waals surface area contributed by atoms with E-state index >= 15 is 0 Å². The van der Waals surface area contributed by atoms with Crippen LogP contribution >= 0.6 is 11.6 Å². The zero-order chi connectivity index (χ0) is 29.7. The lowest BCUT2D eigenvalue weighted by Crippen LogP contribution is -2.64. The fourth-order valence-electron chi connectivity index (χ4n) is 6.03. The van der Waals surface area contributed by atoms with E-state index in [0.717, 1.165) is 6.07 Å². The zero-order valence-corrected chi connectivity index (χ0v) is 24.4. The predicted molar refractivity (Wildman–Crippen MR) is 159 cm³/mol. The summed E-state index contributed by atoms with van der Waals surface area (Å²) in [5, 5.41) is 22.7. The fraction of sp³-hybridized carbons (Fsp3) is 0.435. The van der Waals surface area contributed by atoms with Gasteiger partial charge in [0, 0.05) is 28.0 Å². The number of aliphatic hydroxyl groups is 2. The Morgan fingerprint density at radius 1 is 1.18 bits per heavy atom. The Hall–Kier alpha value is -1.82. The first kappa shape index (κ1) is 31.7. The molecule has 0 saturated heterocycles. The Morgan fingerprint density at radius 3 is 2.23 bits per heavy atom. The minimum atomic E-state index is -4.30. The summed E-state index contributed by atoms with van der Waals surface area (Å²) in [6.07, 6.45) is 0.0778. The molecule has 1 aliphatic rings. The van der Waals surface area contributed by atoms with Crippen molar-refractivity contribution in [3.63, 3.8) is 0 Å². The smallest absolute Gasteiger partial charge is 0.255 e. The van der Waals surface area contributed by atoms with Gasteiger partial charge < -0.3 is 15.5 Å². The van der Waals surface area contributed by atoms with Crippen LogP contribution in [0.4, 0.5) is 18.9 Å². The maximum Gasteiger partial charge on any atom is 0.255 e. The second kappa shape index (κ2) is 10.9. The fourth-order valence-corrected chi connectivity index (χ4v) is 9.10. The standard InChI is InChI=1S/C23H30B5ClF3NO5S/c1-21(26,27)17-8-22(36,9-34)7-12(19(24)25)23(17,28)39(37,38)16-4-10(2-3-13(16)29)20(35)33-11-5-14(30)18(32)15(31)6-11/h2-6,12,17,19,34,36H,7-9,24-28H2,1H3,(H,33,35)/t12-,17?,22-,23-/m1/s1. The van der Waals surface area contributed by atoms with Gasteiger partial charge in [0.2, 0.25) is 0 Å². The minimum absolute atomic E-state index is 0.0332. The molecule has 206 valence electrons. The van der Waals surface area contributed by atoms with Crippen molar-refractivity contribution in [2.45, 2.75) is 45.8 Å². The Morgan fingerprint density at radius 2 is 1.74 bits per heavy atom. The van der Waals surface area contributed by atoms with Gasteiger partial charge in [0.1, 0.15) is 7.85 Å². The van der Waals surface area contributed by atoms with E-state index in [1.54, 1.807) is 7.85 Å². The Labute approximate surface area is 236 Å². The van der Waals surface area contributed by atoms with E-state index in [2.05, 4.69) is 5.32 Å². The highest BCUT2D eigenvalue weighted by Crippen LogP contribution is 2.57. The van der Waals surface area contributed by atoms with Crippen LogP contribution < -0.4 is 5.32 Å². The van der Waals surface area contributed by atoms with Gasteiger partial charge in [0.25, 0.3) is 5.91 Å². The molecule has 0 bridgehead atoms. The molecule has 0 aromatic heterocycles. The van der Waals surface area contributed by atoms with Crippen molar-refractivity contribution < 1.29 is 36.6 Å². The molecular formula is C23H30B5ClF3NO5S. The second-order valence-electron chi connectivity index (χ2n) is 12.1. The monoisotopic (exact) mass is 579 g/mol. The van der Waals surface area contributed by atoms with Crippen molar-refractivity contribution in [3.8, 4) is 0 Å². The summed E-state index contributed by atoms with van der Waals surface area (Å²) in [5.41, 5.74) is -2.18. The largest absolute Gasteiger partial charge is 0.393 e. The summed E-state index contributed by atoms with van der Waals surface area (Å²) in [6.45, 7) is 1.36. The molecule has 6 nitrogen and oxygen atoms in total. The molecule has 2 aromatic rings. The number of anilines is 1. The lowest BCUT2D eigenvalue weighted by atomic mass is 9.37. The lowest BCUT2D eigenvalue weighted by molar-refractivity contribution is -0.0778. The molecule has 3 N–H and O–H groups in total. The first-order valence-corrected chi connectivity index (χ1v) is 14.5. The Bertz CT molecular complexity index is 1370. The van der Waals surface area contributed by atoms with E-state index in [1.807, 2.05) is 38.3 Å². The first-order valence-electron chi connectivity index (χ1n) is 12.6. The third-order valence-corrected chi connectivity index (χ3v) is 11.2. The molecule has 39 heavy (non-hydrogen) atoms. The Balaban J connectivity index is 2.14. The van der Waals surface area contributed by atoms with Gasteiger partial charge in [-0.1, -0.05) is 29.5 Å². The quantitative estimate of drug-likeness (QED) is 0.297. The summed E-state index contributed by atoms with van der Waals surface area (Å²) in [6, 6.07) is 4.84. The van der Waals surface area contributed by atoms with E-state index in [0.29, 0.717) is 12.1 Å². The molecule has 4 atom stereocenters. The van der Waals surface area contributed by atoms with E-state index in [4.69, 9.17) is 11.6 Å². The molecule has 2 aromatic carbocycles. The molecule has 1 saturated carbocycles. The molecule has 1 unspecified atom stereocenters. The summed E-state index contributed by atoms with van der Waals surface area (Å²) in [7, 11) is 4.79. The highest BCUT2D eigenvalue weighted by atomic mass is 35.5. The number of hydrogen-bond donors (Lipinski definition) is 3. The molecule has 16 heteroatoms. The van der Waals surface area contributed by atoms with Crippen LogP contribution in [-0.2, 0) is 9.84 Å². The highest BCUT2D eigenvalue weighted by molar-refractivity contribution is 7.94. The van der Waals surface area contributed by atoms with Crippen molar-refractivity contribution >= 4 is 72.3 Å². The van der Waals surface area contributed by atoms with Crippen molar-refractivity contribution in [1.82, 2.24) is 0 Å². The summed E-state index contributed by atoms with van der Waals surface area (Å²) in [4.78, 5) is 12.6. The number of sulfone groups is 1. The second-order valence-corrected chi connectivity index (χ2v) is 14.8. The average molecular weight is 579 g/mol. The third kappa shape index (κ3) is 5.83. The molecule has 0 spiro atoms. The number of carbonyl (C=O) groups is 1. The summed E-state index contributed by atoms with van der Waals surface area (Å²) in [5.74, 6) is -6.76.